The molecule has 12 heteroatoms. The Balaban J connectivity index is 1.54. The molecule has 3 aromatic carbocycles. The molecule has 0 saturated carbocycles. The molecule has 39 heavy (non-hydrogen) atoms. The number of halogens is 3. The van der Waals surface area contributed by atoms with Gasteiger partial charge in [-0.3, -0.25) is 9.36 Å². The molecule has 0 spiro atoms. The second kappa shape index (κ2) is 11.1. The van der Waals surface area contributed by atoms with Gasteiger partial charge in [-0.25, -0.2) is 8.42 Å². The van der Waals surface area contributed by atoms with Crippen LogP contribution < -0.4 is 10.1 Å². The van der Waals surface area contributed by atoms with Crippen LogP contribution in [0.3, 0.4) is 0 Å². The number of aliphatic hydroxyl groups excluding tert-OH is 1. The topological polar surface area (TPSA) is 111 Å². The molecule has 4 rings (SSSR count). The van der Waals surface area contributed by atoms with E-state index in [-0.39, 0.29) is 28.0 Å². The van der Waals surface area contributed by atoms with Gasteiger partial charge in [0.05, 0.1) is 39.9 Å². The van der Waals surface area contributed by atoms with E-state index >= 15 is 0 Å². The summed E-state index contributed by atoms with van der Waals surface area (Å²) >= 11 is 0. The average Bonchev–Trinajstić information content (AvgIpc) is 3.27. The van der Waals surface area contributed by atoms with Crippen molar-refractivity contribution in [3.8, 4) is 11.8 Å². The van der Waals surface area contributed by atoms with Gasteiger partial charge < -0.3 is 15.2 Å². The summed E-state index contributed by atoms with van der Waals surface area (Å²) in [4.78, 5) is 17.6. The second-order valence-corrected chi connectivity index (χ2v) is 10.9. The van der Waals surface area contributed by atoms with E-state index in [0.717, 1.165) is 12.1 Å². The highest BCUT2D eigenvalue weighted by Gasteiger charge is 2.30. The van der Waals surface area contributed by atoms with Crippen molar-refractivity contribution in [2.24, 2.45) is 0 Å². The van der Waals surface area contributed by atoms with Crippen LogP contribution in [0.4, 0.5) is 13.2 Å². The zero-order valence-corrected chi connectivity index (χ0v) is 21.9. The molecule has 0 aliphatic rings. The van der Waals surface area contributed by atoms with E-state index in [1.165, 1.54) is 24.3 Å². The lowest BCUT2D eigenvalue weighted by Gasteiger charge is -2.17. The number of carbonyl (C=O) groups excluding carboxylic acids is 1. The van der Waals surface area contributed by atoms with Crippen molar-refractivity contribution in [3.05, 3.63) is 83.4 Å². The lowest BCUT2D eigenvalue weighted by atomic mass is 10.1. The van der Waals surface area contributed by atoms with Gasteiger partial charge in [-0.2, -0.15) is 18.2 Å². The fourth-order valence-electron chi connectivity index (χ4n) is 4.00. The molecule has 8 nitrogen and oxygen atoms in total. The molecule has 0 bridgehead atoms. The standard InChI is InChI=1S/C27H26F3N3O5S/c1-3-33-24-14-7-18(15-22(24)32-26(33)38-20-10-8-19(9-11-20)27(28,29)30)25(35)31-23(16-34)17-5-12-21(13-6-17)39(36,37)4-2/h5-15,23,34H,3-4,16H2,1-2H3,(H,31,35)/t23-/m0/s1. The Bertz CT molecular complexity index is 1580. The number of aromatic nitrogens is 2. The maximum atomic E-state index is 13.0. The Kier molecular flexibility index (Phi) is 7.98. The SMILES string of the molecule is CCn1c(Oc2ccc(C(F)(F)F)cc2)nc2cc(C(=O)N[C@@H](CO)c3ccc(S(=O)(=O)CC)cc3)ccc21. The third kappa shape index (κ3) is 6.07. The summed E-state index contributed by atoms with van der Waals surface area (Å²) in [6.45, 7) is 3.44. The van der Waals surface area contributed by atoms with Gasteiger partial charge in [0.25, 0.3) is 5.91 Å². The van der Waals surface area contributed by atoms with Crippen molar-refractivity contribution in [1.29, 1.82) is 0 Å². The molecule has 4 aromatic rings. The number of rotatable bonds is 9. The number of nitrogens with zero attached hydrogens (tertiary/aromatic N) is 2. The maximum absolute atomic E-state index is 13.0. The molecule has 1 heterocycles. The van der Waals surface area contributed by atoms with Gasteiger partial charge in [-0.05, 0) is 67.1 Å². The molecule has 1 amide bonds. The van der Waals surface area contributed by atoms with E-state index in [0.29, 0.717) is 23.1 Å². The minimum absolute atomic E-state index is 0.0418. The van der Waals surface area contributed by atoms with Crippen LogP contribution in [-0.2, 0) is 22.6 Å². The molecule has 2 N–H and O–H groups in total. The van der Waals surface area contributed by atoms with Crippen molar-refractivity contribution in [1.82, 2.24) is 14.9 Å². The number of alkyl halides is 3. The number of benzene rings is 3. The van der Waals surface area contributed by atoms with Crippen molar-refractivity contribution >= 4 is 26.8 Å². The summed E-state index contributed by atoms with van der Waals surface area (Å²) in [7, 11) is -3.38. The minimum Gasteiger partial charge on any atom is -0.425 e. The number of carbonyl (C=O) groups is 1. The number of hydrogen-bond acceptors (Lipinski definition) is 6. The highest BCUT2D eigenvalue weighted by Crippen LogP contribution is 2.32. The van der Waals surface area contributed by atoms with Crippen LogP contribution in [0, 0.1) is 0 Å². The van der Waals surface area contributed by atoms with Gasteiger partial charge in [-0.15, -0.1) is 0 Å². The first kappa shape index (κ1) is 28.1. The lowest BCUT2D eigenvalue weighted by Crippen LogP contribution is -2.30. The minimum atomic E-state index is -4.46. The van der Waals surface area contributed by atoms with Gasteiger partial charge in [0, 0.05) is 12.1 Å². The van der Waals surface area contributed by atoms with Gasteiger partial charge in [0.15, 0.2) is 9.84 Å². The molecule has 0 unspecified atom stereocenters. The summed E-state index contributed by atoms with van der Waals surface area (Å²) < 4.78 is 70.1. The molecule has 1 aromatic heterocycles. The molecule has 0 fully saturated rings. The second-order valence-electron chi connectivity index (χ2n) is 8.65. The molecule has 0 aliphatic carbocycles. The number of fused-ring (bicyclic) bond motifs is 1. The zero-order valence-electron chi connectivity index (χ0n) is 21.1. The fraction of sp³-hybridized carbons (Fsp3) is 0.259. The Morgan fingerprint density at radius 1 is 1.05 bits per heavy atom. The van der Waals surface area contributed by atoms with Crippen LogP contribution >= 0.6 is 0 Å². The van der Waals surface area contributed by atoms with Crippen LogP contribution in [0.25, 0.3) is 11.0 Å². The number of nitrogens with one attached hydrogen (secondary N) is 1. The lowest BCUT2D eigenvalue weighted by molar-refractivity contribution is -0.137. The molecule has 0 aliphatic heterocycles. The van der Waals surface area contributed by atoms with Crippen molar-refractivity contribution in [3.63, 3.8) is 0 Å². The van der Waals surface area contributed by atoms with E-state index < -0.39 is 40.1 Å². The van der Waals surface area contributed by atoms with E-state index in [4.69, 9.17) is 4.74 Å². The molecule has 0 radical (unpaired) electrons. The van der Waals surface area contributed by atoms with E-state index in [2.05, 4.69) is 10.3 Å². The van der Waals surface area contributed by atoms with Crippen molar-refractivity contribution in [2.45, 2.75) is 37.5 Å². The first-order valence-corrected chi connectivity index (χ1v) is 13.7. The van der Waals surface area contributed by atoms with Crippen molar-refractivity contribution in [2.75, 3.05) is 12.4 Å². The number of sulfone groups is 1. The molecule has 1 atom stereocenters. The first-order valence-electron chi connectivity index (χ1n) is 12.1. The number of aryl methyl sites for hydroxylation is 1. The van der Waals surface area contributed by atoms with E-state index in [1.54, 1.807) is 41.8 Å². The third-order valence-electron chi connectivity index (χ3n) is 6.19. The fourth-order valence-corrected chi connectivity index (χ4v) is 4.88. The van der Waals surface area contributed by atoms with Gasteiger partial charge >= 0.3 is 12.2 Å². The largest absolute Gasteiger partial charge is 0.425 e. The molecule has 206 valence electrons. The number of hydrogen-bond donors (Lipinski definition) is 2. The van der Waals surface area contributed by atoms with E-state index in [1.807, 2.05) is 6.92 Å². The molecular formula is C27H26F3N3O5S. The van der Waals surface area contributed by atoms with Crippen LogP contribution in [0.1, 0.15) is 41.4 Å². The number of amides is 1. The zero-order chi connectivity index (χ0) is 28.4. The smallest absolute Gasteiger partial charge is 0.416 e. The van der Waals surface area contributed by atoms with Crippen LogP contribution in [-0.4, -0.2) is 41.3 Å². The van der Waals surface area contributed by atoms with Crippen LogP contribution in [0.2, 0.25) is 0 Å². The highest BCUT2D eigenvalue weighted by molar-refractivity contribution is 7.91. The first-order chi connectivity index (χ1) is 18.5. The monoisotopic (exact) mass is 561 g/mol. The summed E-state index contributed by atoms with van der Waals surface area (Å²) in [5.41, 5.74) is 1.08. The number of aliphatic hydroxyl groups is 1. The summed E-state index contributed by atoms with van der Waals surface area (Å²) in [6.07, 6.45) is -4.46. The van der Waals surface area contributed by atoms with E-state index in [9.17, 15) is 31.5 Å². The van der Waals surface area contributed by atoms with Gasteiger partial charge in [-0.1, -0.05) is 19.1 Å². The number of ether oxygens (including phenoxy) is 1. The highest BCUT2D eigenvalue weighted by atomic mass is 32.2. The van der Waals surface area contributed by atoms with Gasteiger partial charge in [0.2, 0.25) is 0 Å². The maximum Gasteiger partial charge on any atom is 0.416 e. The van der Waals surface area contributed by atoms with Gasteiger partial charge in [0.1, 0.15) is 5.75 Å². The van der Waals surface area contributed by atoms with Crippen LogP contribution in [0.5, 0.6) is 11.8 Å². The predicted molar refractivity (Wildman–Crippen MR) is 138 cm³/mol. The Morgan fingerprint density at radius 2 is 1.72 bits per heavy atom. The third-order valence-corrected chi connectivity index (χ3v) is 7.94. The normalized spacial score (nSPS) is 12.9. The van der Waals surface area contributed by atoms with Crippen molar-refractivity contribution < 1.29 is 36.2 Å². The van der Waals surface area contributed by atoms with Crippen LogP contribution in [0.15, 0.2) is 71.6 Å². The Morgan fingerprint density at radius 3 is 2.28 bits per heavy atom. The predicted octanol–water partition coefficient (Wildman–Crippen LogP) is 5.12. The summed E-state index contributed by atoms with van der Waals surface area (Å²) in [5.74, 6) is -0.355. The quantitative estimate of drug-likeness (QED) is 0.293. The average molecular weight is 562 g/mol. The molecular weight excluding hydrogens is 535 g/mol. The molecule has 0 saturated heterocycles. The Hall–Kier alpha value is -3.90. The Labute approximate surface area is 223 Å². The summed E-state index contributed by atoms with van der Waals surface area (Å²) in [6, 6.07) is 14.4. The summed E-state index contributed by atoms with van der Waals surface area (Å²) in [5, 5.41) is 12.6. The number of imidazole rings is 1.